The van der Waals surface area contributed by atoms with E-state index in [0.717, 1.165) is 31.3 Å². The summed E-state index contributed by atoms with van der Waals surface area (Å²) in [4.78, 5) is 30.5. The summed E-state index contributed by atoms with van der Waals surface area (Å²) in [7, 11) is 0. The number of carbonyl (C=O) groups excluding carboxylic acids is 2. The Kier molecular flexibility index (Phi) is 5.87. The third-order valence-corrected chi connectivity index (χ3v) is 6.37. The molecule has 0 saturated carbocycles. The quantitative estimate of drug-likeness (QED) is 0.807. The van der Waals surface area contributed by atoms with Crippen LogP contribution in [0.2, 0.25) is 0 Å². The monoisotopic (exact) mass is 411 g/mol. The van der Waals surface area contributed by atoms with E-state index in [4.69, 9.17) is 4.42 Å². The molecule has 0 atom stereocenters. The lowest BCUT2D eigenvalue weighted by Gasteiger charge is -2.40. The molecule has 2 aromatic rings. The number of fused-ring (bicyclic) bond motifs is 1. The van der Waals surface area contributed by atoms with Crippen molar-refractivity contribution in [3.05, 3.63) is 30.0 Å². The zero-order valence-electron chi connectivity index (χ0n) is 18.4. The number of furan rings is 1. The van der Waals surface area contributed by atoms with Crippen molar-refractivity contribution in [1.82, 2.24) is 9.80 Å². The SMILES string of the molecule is CC(C)(C)C(=O)Nc1c(C(=O)N2CCC(N3CCCCC3)CC2)oc2ccccc12. The van der Waals surface area contributed by atoms with Crippen molar-refractivity contribution in [2.75, 3.05) is 31.5 Å². The van der Waals surface area contributed by atoms with Gasteiger partial charge in [-0.2, -0.15) is 0 Å². The molecule has 0 unspecified atom stereocenters. The summed E-state index contributed by atoms with van der Waals surface area (Å²) in [6.07, 6.45) is 5.90. The summed E-state index contributed by atoms with van der Waals surface area (Å²) in [5, 5.41) is 3.73. The third-order valence-electron chi connectivity index (χ3n) is 6.37. The molecule has 162 valence electrons. The highest BCUT2D eigenvalue weighted by molar-refractivity contribution is 6.11. The number of likely N-dealkylation sites (tertiary alicyclic amines) is 2. The molecule has 0 bridgehead atoms. The van der Waals surface area contributed by atoms with Crippen molar-refractivity contribution in [2.24, 2.45) is 5.41 Å². The first-order valence-corrected chi connectivity index (χ1v) is 11.2. The summed E-state index contributed by atoms with van der Waals surface area (Å²) in [6, 6.07) is 8.06. The highest BCUT2D eigenvalue weighted by atomic mass is 16.3. The molecule has 2 amide bonds. The van der Waals surface area contributed by atoms with Gasteiger partial charge in [-0.3, -0.25) is 9.59 Å². The van der Waals surface area contributed by atoms with Crippen LogP contribution in [-0.4, -0.2) is 53.8 Å². The molecular formula is C24H33N3O3. The molecule has 0 aliphatic carbocycles. The van der Waals surface area contributed by atoms with Crippen LogP contribution in [0.3, 0.4) is 0 Å². The van der Waals surface area contributed by atoms with E-state index < -0.39 is 5.41 Å². The standard InChI is InChI=1S/C24H33N3O3/c1-24(2,3)23(29)25-20-18-9-5-6-10-19(18)30-21(20)22(28)27-15-11-17(12-16-27)26-13-7-4-8-14-26/h5-6,9-10,17H,4,7-8,11-16H2,1-3H3,(H,25,29). The number of amides is 2. The molecule has 30 heavy (non-hydrogen) atoms. The van der Waals surface area contributed by atoms with Gasteiger partial charge >= 0.3 is 0 Å². The van der Waals surface area contributed by atoms with Crippen LogP contribution in [0.15, 0.2) is 28.7 Å². The van der Waals surface area contributed by atoms with Gasteiger partial charge in [0.15, 0.2) is 0 Å². The van der Waals surface area contributed by atoms with Crippen molar-refractivity contribution in [3.63, 3.8) is 0 Å². The first-order valence-electron chi connectivity index (χ1n) is 11.2. The number of nitrogens with one attached hydrogen (secondary N) is 1. The largest absolute Gasteiger partial charge is 0.449 e. The number of hydrogen-bond donors (Lipinski definition) is 1. The Balaban J connectivity index is 1.53. The van der Waals surface area contributed by atoms with Gasteiger partial charge < -0.3 is 19.5 Å². The van der Waals surface area contributed by atoms with E-state index in [2.05, 4.69) is 10.2 Å². The summed E-state index contributed by atoms with van der Waals surface area (Å²) in [5.41, 5.74) is 0.549. The minimum absolute atomic E-state index is 0.132. The summed E-state index contributed by atoms with van der Waals surface area (Å²) >= 11 is 0. The molecule has 2 saturated heterocycles. The third kappa shape index (κ3) is 4.24. The number of piperidine rings is 2. The van der Waals surface area contributed by atoms with Crippen LogP contribution < -0.4 is 5.32 Å². The lowest BCUT2D eigenvalue weighted by molar-refractivity contribution is -0.123. The predicted molar refractivity (Wildman–Crippen MR) is 119 cm³/mol. The van der Waals surface area contributed by atoms with Gasteiger partial charge in [0.2, 0.25) is 11.7 Å². The van der Waals surface area contributed by atoms with Crippen molar-refractivity contribution in [2.45, 2.75) is 58.9 Å². The predicted octanol–water partition coefficient (Wildman–Crippen LogP) is 4.51. The Hall–Kier alpha value is -2.34. The van der Waals surface area contributed by atoms with Gasteiger partial charge in [0, 0.05) is 29.9 Å². The number of nitrogens with zero attached hydrogens (tertiary/aromatic N) is 2. The topological polar surface area (TPSA) is 65.8 Å². The second-order valence-electron chi connectivity index (χ2n) is 9.63. The maximum absolute atomic E-state index is 13.4. The Bertz CT molecular complexity index is 913. The zero-order valence-corrected chi connectivity index (χ0v) is 18.4. The minimum atomic E-state index is -0.564. The molecule has 1 aromatic heterocycles. The smallest absolute Gasteiger partial charge is 0.291 e. The molecule has 0 spiro atoms. The second-order valence-corrected chi connectivity index (χ2v) is 9.63. The van der Waals surface area contributed by atoms with Gasteiger partial charge in [0.05, 0.1) is 0 Å². The Morgan fingerprint density at radius 3 is 2.33 bits per heavy atom. The fraction of sp³-hybridized carbons (Fsp3) is 0.583. The molecule has 2 fully saturated rings. The van der Waals surface area contributed by atoms with Gasteiger partial charge in [-0.05, 0) is 50.9 Å². The molecule has 2 aliphatic rings. The molecule has 6 heteroatoms. The van der Waals surface area contributed by atoms with E-state index in [1.165, 1.54) is 32.4 Å². The molecule has 1 N–H and O–H groups in total. The van der Waals surface area contributed by atoms with Crippen molar-refractivity contribution in [3.8, 4) is 0 Å². The molecule has 0 radical (unpaired) electrons. The average molecular weight is 412 g/mol. The van der Waals surface area contributed by atoms with Crippen LogP contribution in [0.5, 0.6) is 0 Å². The van der Waals surface area contributed by atoms with Crippen LogP contribution in [0.1, 0.15) is 63.4 Å². The van der Waals surface area contributed by atoms with Crippen LogP contribution in [0, 0.1) is 5.41 Å². The maximum atomic E-state index is 13.4. The van der Waals surface area contributed by atoms with Crippen LogP contribution in [0.25, 0.3) is 11.0 Å². The van der Waals surface area contributed by atoms with Crippen LogP contribution >= 0.6 is 0 Å². The lowest BCUT2D eigenvalue weighted by atomic mass is 9.95. The highest BCUT2D eigenvalue weighted by Crippen LogP contribution is 2.34. The van der Waals surface area contributed by atoms with E-state index in [1.54, 1.807) is 0 Å². The normalized spacial score (nSPS) is 19.2. The van der Waals surface area contributed by atoms with E-state index >= 15 is 0 Å². The van der Waals surface area contributed by atoms with Crippen LogP contribution in [0.4, 0.5) is 5.69 Å². The maximum Gasteiger partial charge on any atom is 0.291 e. The summed E-state index contributed by atoms with van der Waals surface area (Å²) in [5.74, 6) is -0.0235. The van der Waals surface area contributed by atoms with Crippen molar-refractivity contribution in [1.29, 1.82) is 0 Å². The molecular weight excluding hydrogens is 378 g/mol. The number of hydrogen-bond acceptors (Lipinski definition) is 4. The summed E-state index contributed by atoms with van der Waals surface area (Å²) in [6.45, 7) is 9.40. The van der Waals surface area contributed by atoms with Gasteiger partial charge in [-0.25, -0.2) is 0 Å². The molecule has 4 rings (SSSR count). The Morgan fingerprint density at radius 2 is 1.67 bits per heavy atom. The lowest BCUT2D eigenvalue weighted by Crippen LogP contribution is -2.48. The van der Waals surface area contributed by atoms with Gasteiger partial charge in [-0.1, -0.05) is 39.3 Å². The van der Waals surface area contributed by atoms with Crippen LogP contribution in [-0.2, 0) is 4.79 Å². The molecule has 1 aromatic carbocycles. The van der Waals surface area contributed by atoms with E-state index in [1.807, 2.05) is 49.9 Å². The van der Waals surface area contributed by atoms with Crippen molar-refractivity contribution >= 4 is 28.5 Å². The number of carbonyl (C=O) groups is 2. The van der Waals surface area contributed by atoms with E-state index in [-0.39, 0.29) is 17.6 Å². The number of benzene rings is 1. The van der Waals surface area contributed by atoms with Crippen molar-refractivity contribution < 1.29 is 14.0 Å². The number of rotatable bonds is 3. The highest BCUT2D eigenvalue weighted by Gasteiger charge is 2.32. The van der Waals surface area contributed by atoms with Gasteiger partial charge in [0.25, 0.3) is 5.91 Å². The zero-order chi connectivity index (χ0) is 21.3. The minimum Gasteiger partial charge on any atom is -0.449 e. The fourth-order valence-electron chi connectivity index (χ4n) is 4.48. The van der Waals surface area contributed by atoms with Gasteiger partial charge in [0.1, 0.15) is 11.3 Å². The van der Waals surface area contributed by atoms with E-state index in [0.29, 0.717) is 17.3 Å². The first-order chi connectivity index (χ1) is 14.3. The second kappa shape index (κ2) is 8.42. The fourth-order valence-corrected chi connectivity index (χ4v) is 4.48. The first kappa shape index (κ1) is 20.9. The average Bonchev–Trinajstić information content (AvgIpc) is 3.12. The number of anilines is 1. The van der Waals surface area contributed by atoms with E-state index in [9.17, 15) is 9.59 Å². The Morgan fingerprint density at radius 1 is 1.00 bits per heavy atom. The Labute approximate surface area is 178 Å². The van der Waals surface area contributed by atoms with Gasteiger partial charge in [-0.15, -0.1) is 0 Å². The molecule has 2 aliphatic heterocycles. The molecule has 3 heterocycles. The molecule has 6 nitrogen and oxygen atoms in total. The number of para-hydroxylation sites is 1. The summed E-state index contributed by atoms with van der Waals surface area (Å²) < 4.78 is 5.95.